The summed E-state index contributed by atoms with van der Waals surface area (Å²) in [5.41, 5.74) is 0.369. The molecule has 6 aromatic rings. The number of anilines is 1. The number of carbonyl (C=O) groups is 4. The molecule has 14 unspecified atom stereocenters. The van der Waals surface area contributed by atoms with Crippen molar-refractivity contribution in [2.24, 2.45) is 11.8 Å². The number of ether oxygens (including phenoxy) is 6. The highest BCUT2D eigenvalue weighted by molar-refractivity contribution is 7.87. The van der Waals surface area contributed by atoms with E-state index in [1.165, 1.54) is 59.0 Å². The van der Waals surface area contributed by atoms with E-state index >= 15 is 0 Å². The number of rotatable bonds is 26. The molecule has 2 aliphatic carbocycles. The van der Waals surface area contributed by atoms with Crippen LogP contribution in [-0.2, 0) is 86.1 Å². The van der Waals surface area contributed by atoms with E-state index in [2.05, 4.69) is 31.3 Å². The Morgan fingerprint density at radius 2 is 1.49 bits per heavy atom. The number of carboxylic acids is 1. The molecule has 2 saturated heterocycles. The van der Waals surface area contributed by atoms with Crippen molar-refractivity contribution < 1.29 is 122 Å². The largest absolute Gasteiger partial charge is 0.479 e. The summed E-state index contributed by atoms with van der Waals surface area (Å²) >= 11 is 0. The number of halogens is 1. The number of aryl methyl sites for hydroxylation is 2. The fourth-order valence-electron chi connectivity index (χ4n) is 12.7. The maximum absolute atomic E-state index is 14.8. The van der Waals surface area contributed by atoms with Gasteiger partial charge in [0, 0.05) is 41.4 Å². The number of fused-ring (bicyclic) bond motifs is 1. The van der Waals surface area contributed by atoms with Crippen molar-refractivity contribution in [3.8, 4) is 11.3 Å². The van der Waals surface area contributed by atoms with Crippen LogP contribution < -0.4 is 10.6 Å². The first-order valence-corrected chi connectivity index (χ1v) is 35.5. The minimum atomic E-state index is -5.41. The van der Waals surface area contributed by atoms with Gasteiger partial charge in [-0.15, -0.1) is 10.2 Å². The summed E-state index contributed by atoms with van der Waals surface area (Å²) in [5, 5.41) is 87.2. The number of nitrogens with zero attached hydrogens (tertiary/aromatic N) is 6. The molecule has 2 saturated carbocycles. The van der Waals surface area contributed by atoms with E-state index in [4.69, 9.17) is 28.4 Å². The van der Waals surface area contributed by atoms with Crippen LogP contribution in [0.15, 0.2) is 106 Å². The number of amides is 2. The minimum Gasteiger partial charge on any atom is -0.479 e. The van der Waals surface area contributed by atoms with Crippen LogP contribution >= 0.6 is 0 Å². The Balaban J connectivity index is 0.905. The van der Waals surface area contributed by atoms with Crippen LogP contribution in [0.1, 0.15) is 93.2 Å². The zero-order valence-corrected chi connectivity index (χ0v) is 54.6. The van der Waals surface area contributed by atoms with E-state index in [0.717, 1.165) is 31.4 Å². The van der Waals surface area contributed by atoms with Gasteiger partial charge in [0.15, 0.2) is 24.8 Å². The van der Waals surface area contributed by atoms with E-state index in [-0.39, 0.29) is 67.9 Å². The molecular weight excluding hydrogens is 1360 g/mol. The van der Waals surface area contributed by atoms with Crippen LogP contribution in [0, 0.1) is 17.7 Å². The van der Waals surface area contributed by atoms with Crippen molar-refractivity contribution in [3.63, 3.8) is 0 Å². The number of aliphatic hydroxyl groups excluding tert-OH is 5. The van der Waals surface area contributed by atoms with Crippen LogP contribution in [0.25, 0.3) is 22.0 Å². The lowest BCUT2D eigenvalue weighted by molar-refractivity contribution is -0.348. The zero-order chi connectivity index (χ0) is 70.5. The third kappa shape index (κ3) is 17.4. The van der Waals surface area contributed by atoms with Gasteiger partial charge >= 0.3 is 11.9 Å². The number of aromatic nitrogens is 6. The molecule has 0 radical (unpaired) electrons. The van der Waals surface area contributed by atoms with Gasteiger partial charge in [0.2, 0.25) is 11.8 Å². The molecule has 4 fully saturated rings. The maximum Gasteiger partial charge on any atom is 0.338 e. The van der Waals surface area contributed by atoms with E-state index < -0.39 is 196 Å². The number of nitrogens with one attached hydrogen (secondary N) is 2. The average Bonchev–Trinajstić information content (AvgIpc) is 0.852. The van der Waals surface area contributed by atoms with Crippen molar-refractivity contribution >= 4 is 70.6 Å². The second-order valence-corrected chi connectivity index (χ2v) is 28.7. The third-order valence-corrected chi connectivity index (χ3v) is 20.3. The molecule has 0 bridgehead atoms. The van der Waals surface area contributed by atoms with E-state index in [0.29, 0.717) is 30.7 Å². The van der Waals surface area contributed by atoms with Gasteiger partial charge in [0.1, 0.15) is 64.0 Å². The maximum atomic E-state index is 14.8. The summed E-state index contributed by atoms with van der Waals surface area (Å²) in [6.07, 6.45) is -15.3. The van der Waals surface area contributed by atoms with Gasteiger partial charge in [0.05, 0.1) is 59.4 Å². The standard InChI is InChI=1S/C61H73FN8O25S3/c1-31-50(73)52(75)53(76)60(90-31)95-54-42(70-29-41(66-68-70)34-14-8-15-36(62)23-34)24-35(25-43(54)92-61-56(94-59(80)33-12-6-3-7-13-33)55(51(74)45(30-71)93-61)91-44(58(78)79)22-32-10-4-2-5-11-32)57(77)63-20-9-16-37-28-69(67-65-37)21-19-48(72)64-40-17-18-46(97(84,85)86)39-26-38(96(81,82)83)27-47(49(39)40)98(87,88)89/h3,6-8,12-15,17-18,23,26-29,31-32,35,42-45,50-56,60-61,71,73-76H,2,4-5,9-11,16,19-22,24-25,30H2,1H3,(H,63,77)(H,64,72)(H,78,79)(H,81,82,83)(H,84,85,86)(H,87,88,89)/t31?,35?,42?,43?,44-,45?,50?,51?,52?,53?,54?,55?,56?,60?,61?/m0/s1. The number of carbonyl (C=O) groups excluding carboxylic acids is 3. The van der Waals surface area contributed by atoms with Crippen molar-refractivity contribution in [1.29, 1.82) is 0 Å². The van der Waals surface area contributed by atoms with Crippen LogP contribution in [0.3, 0.4) is 0 Å². The summed E-state index contributed by atoms with van der Waals surface area (Å²) in [6.45, 7) is 0.314. The molecule has 15 atom stereocenters. The van der Waals surface area contributed by atoms with Crippen LogP contribution in [0.2, 0.25) is 0 Å². The number of aliphatic carboxylic acids is 1. The summed E-state index contributed by atoms with van der Waals surface area (Å²) in [5.74, 6) is -5.59. The van der Waals surface area contributed by atoms with Gasteiger partial charge in [-0.3, -0.25) is 27.9 Å². The van der Waals surface area contributed by atoms with E-state index in [1.54, 1.807) is 24.3 Å². The molecule has 2 aromatic heterocycles. The molecule has 2 aliphatic heterocycles. The summed E-state index contributed by atoms with van der Waals surface area (Å²) in [6, 6.07) is 14.3. The quantitative estimate of drug-likeness (QED) is 0.0210. The molecule has 0 spiro atoms. The highest BCUT2D eigenvalue weighted by Crippen LogP contribution is 2.43. The SMILES string of the molecule is CC1OC(OC2C(OC3OC(CO)C(O)C(O[C@@H](CC4CCCCC4)C(=O)O)C3OC(=O)c3ccccc3)CC(C(=O)NCCCc3cn(CCC(=O)Nc4ccc(S(=O)(=O)O)c5cc(S(=O)(=O)O)cc(S(=O)(=O)O)c45)nn3)CC2n2cc(-c3cccc(F)c3)nn2)C(O)C(O)C1O. The lowest BCUT2D eigenvalue weighted by Crippen LogP contribution is -2.64. The lowest BCUT2D eigenvalue weighted by Gasteiger charge is -2.48. The Morgan fingerprint density at radius 3 is 2.17 bits per heavy atom. The average molecular weight is 1430 g/mol. The Kier molecular flexibility index (Phi) is 23.2. The second kappa shape index (κ2) is 31.0. The molecular formula is C61H73FN8O25S3. The van der Waals surface area contributed by atoms with Crippen molar-refractivity contribution in [3.05, 3.63) is 108 Å². The van der Waals surface area contributed by atoms with Gasteiger partial charge in [-0.1, -0.05) is 72.9 Å². The normalized spacial score (nSPS) is 26.9. The van der Waals surface area contributed by atoms with Gasteiger partial charge in [-0.2, -0.15) is 25.3 Å². The number of esters is 1. The lowest BCUT2D eigenvalue weighted by atomic mass is 9.80. The molecule has 4 aromatic carbocycles. The Labute approximate surface area is 559 Å². The molecule has 2 amide bonds. The zero-order valence-electron chi connectivity index (χ0n) is 52.1. The molecule has 11 N–H and O–H groups in total. The first-order chi connectivity index (χ1) is 46.4. The first-order valence-electron chi connectivity index (χ1n) is 31.2. The molecule has 4 heterocycles. The molecule has 37 heteroatoms. The molecule has 98 heavy (non-hydrogen) atoms. The van der Waals surface area contributed by atoms with Crippen LogP contribution in [0.5, 0.6) is 0 Å². The van der Waals surface area contributed by atoms with Crippen molar-refractivity contribution in [1.82, 2.24) is 35.3 Å². The minimum absolute atomic E-state index is 0.00990. The van der Waals surface area contributed by atoms with Gasteiger partial charge in [-0.25, -0.2) is 18.7 Å². The third-order valence-electron chi connectivity index (χ3n) is 17.7. The van der Waals surface area contributed by atoms with Crippen molar-refractivity contribution in [2.45, 2.75) is 185 Å². The van der Waals surface area contributed by atoms with Gasteiger partial charge < -0.3 is 69.7 Å². The summed E-state index contributed by atoms with van der Waals surface area (Å²) < 4.78 is 159. The van der Waals surface area contributed by atoms with Gasteiger partial charge in [-0.05, 0) is 93.5 Å². The Bertz CT molecular complexity index is 4200. The molecule has 4 aliphatic rings. The Hall–Kier alpha value is -7.44. The first kappa shape index (κ1) is 73.3. The second-order valence-electron chi connectivity index (χ2n) is 24.5. The van der Waals surface area contributed by atoms with Crippen LogP contribution in [-0.4, -0.2) is 216 Å². The number of benzene rings is 4. The monoisotopic (exact) mass is 1430 g/mol. The van der Waals surface area contributed by atoms with E-state index in [9.17, 15) is 93.1 Å². The highest BCUT2D eigenvalue weighted by Gasteiger charge is 2.55. The van der Waals surface area contributed by atoms with Gasteiger partial charge in [0.25, 0.3) is 30.4 Å². The van der Waals surface area contributed by atoms with Crippen LogP contribution in [0.4, 0.5) is 10.1 Å². The van der Waals surface area contributed by atoms with E-state index in [1.807, 2.05) is 0 Å². The Morgan fingerprint density at radius 1 is 0.755 bits per heavy atom. The number of carboxylic acid groups (broad SMARTS) is 1. The number of hydrogen-bond donors (Lipinski definition) is 11. The smallest absolute Gasteiger partial charge is 0.338 e. The van der Waals surface area contributed by atoms with Crippen molar-refractivity contribution in [2.75, 3.05) is 18.5 Å². The molecule has 33 nitrogen and oxygen atoms in total. The predicted octanol–water partition coefficient (Wildman–Crippen LogP) is 2.01. The predicted molar refractivity (Wildman–Crippen MR) is 332 cm³/mol. The topological polar surface area (TPSA) is 494 Å². The summed E-state index contributed by atoms with van der Waals surface area (Å²) in [4.78, 5) is 51.9. The fourth-order valence-corrected chi connectivity index (χ4v) is 14.7. The fraction of sp³-hybridized carbons (Fsp3) is 0.508. The highest BCUT2D eigenvalue weighted by atomic mass is 32.2. The molecule has 10 rings (SSSR count). The number of aliphatic hydroxyl groups is 5. The summed E-state index contributed by atoms with van der Waals surface area (Å²) in [7, 11) is -15.9. The molecule has 532 valence electrons. The number of hydrogen-bond acceptors (Lipinski definition) is 25.